The molecule has 0 aliphatic carbocycles. The number of carbonyl (C=O) groups excluding carboxylic acids is 1. The molecule has 25 heavy (non-hydrogen) atoms. The number of amides is 1. The van der Waals surface area contributed by atoms with Crippen LogP contribution in [0.2, 0.25) is 0 Å². The largest absolute Gasteiger partial charge is 0.497 e. The number of fused-ring (bicyclic) bond motifs is 1. The van der Waals surface area contributed by atoms with Gasteiger partial charge in [0, 0.05) is 6.54 Å². The van der Waals surface area contributed by atoms with Crippen LogP contribution in [-0.2, 0) is 17.6 Å². The Balaban J connectivity index is 1.56. The van der Waals surface area contributed by atoms with Gasteiger partial charge >= 0.3 is 0 Å². The molecule has 3 aromatic rings. The Labute approximate surface area is 148 Å². The van der Waals surface area contributed by atoms with E-state index in [0.717, 1.165) is 34.9 Å². The number of methoxy groups -OCH3 is 1. The summed E-state index contributed by atoms with van der Waals surface area (Å²) in [4.78, 5) is 12.3. The zero-order valence-electron chi connectivity index (χ0n) is 14.5. The molecule has 0 saturated heterocycles. The zero-order valence-corrected chi connectivity index (χ0v) is 14.5. The molecule has 128 valence electrons. The molecule has 0 fully saturated rings. The molecule has 0 radical (unpaired) electrons. The van der Waals surface area contributed by atoms with Crippen LogP contribution in [0.1, 0.15) is 17.5 Å². The lowest BCUT2D eigenvalue weighted by molar-refractivity contribution is -0.120. The van der Waals surface area contributed by atoms with Gasteiger partial charge in [0.15, 0.2) is 0 Å². The fraction of sp³-hybridized carbons (Fsp3) is 0.227. The van der Waals surface area contributed by atoms with Crippen molar-refractivity contribution in [2.45, 2.75) is 19.3 Å². The van der Waals surface area contributed by atoms with Crippen LogP contribution in [0.5, 0.6) is 5.75 Å². The minimum absolute atomic E-state index is 0.0587. The molecule has 1 amide bonds. The summed E-state index contributed by atoms with van der Waals surface area (Å²) in [5.74, 6) is 0.867. The highest BCUT2D eigenvalue weighted by molar-refractivity contribution is 5.91. The molecule has 0 unspecified atom stereocenters. The minimum Gasteiger partial charge on any atom is -0.497 e. The van der Waals surface area contributed by atoms with E-state index in [-0.39, 0.29) is 5.91 Å². The summed E-state index contributed by atoms with van der Waals surface area (Å²) >= 11 is 0. The average molecular weight is 333 g/mol. The first-order valence-electron chi connectivity index (χ1n) is 8.62. The Bertz CT molecular complexity index is 843. The summed E-state index contributed by atoms with van der Waals surface area (Å²) in [6.07, 6.45) is 2.31. The fourth-order valence-electron chi connectivity index (χ4n) is 3.00. The van der Waals surface area contributed by atoms with Crippen molar-refractivity contribution in [3.63, 3.8) is 0 Å². The van der Waals surface area contributed by atoms with Crippen LogP contribution in [0, 0.1) is 0 Å². The van der Waals surface area contributed by atoms with Crippen molar-refractivity contribution < 1.29 is 9.53 Å². The lowest BCUT2D eigenvalue weighted by Crippen LogP contribution is -2.26. The van der Waals surface area contributed by atoms with Crippen molar-refractivity contribution in [1.82, 2.24) is 5.32 Å². The summed E-state index contributed by atoms with van der Waals surface area (Å²) < 4.78 is 5.30. The molecule has 3 rings (SSSR count). The number of rotatable bonds is 7. The Morgan fingerprint density at radius 2 is 1.84 bits per heavy atom. The molecule has 3 aromatic carbocycles. The van der Waals surface area contributed by atoms with Gasteiger partial charge in [-0.15, -0.1) is 0 Å². The molecule has 0 saturated carbocycles. The van der Waals surface area contributed by atoms with Crippen LogP contribution < -0.4 is 10.1 Å². The standard InChI is InChI=1S/C22H23NO2/c1-25-20-13-12-18-10-5-11-19(21(18)16-20)15-22(24)23-14-6-9-17-7-3-2-4-8-17/h2-5,7-8,10-13,16H,6,9,14-15H2,1H3,(H,23,24). The normalized spacial score (nSPS) is 10.6. The second-order valence-corrected chi connectivity index (χ2v) is 6.12. The van der Waals surface area contributed by atoms with E-state index < -0.39 is 0 Å². The van der Waals surface area contributed by atoms with Crippen molar-refractivity contribution in [3.8, 4) is 5.75 Å². The van der Waals surface area contributed by atoms with E-state index in [4.69, 9.17) is 4.74 Å². The number of hydrogen-bond acceptors (Lipinski definition) is 2. The van der Waals surface area contributed by atoms with Crippen LogP contribution >= 0.6 is 0 Å². The van der Waals surface area contributed by atoms with Crippen LogP contribution in [0.15, 0.2) is 66.7 Å². The molecule has 0 aliphatic rings. The first-order valence-corrected chi connectivity index (χ1v) is 8.62. The molecule has 3 heteroatoms. The third kappa shape index (κ3) is 4.60. The van der Waals surface area contributed by atoms with E-state index in [1.165, 1.54) is 5.56 Å². The third-order valence-electron chi connectivity index (χ3n) is 4.34. The van der Waals surface area contributed by atoms with Crippen molar-refractivity contribution in [1.29, 1.82) is 0 Å². The van der Waals surface area contributed by atoms with E-state index >= 15 is 0 Å². The van der Waals surface area contributed by atoms with Gasteiger partial charge in [0.1, 0.15) is 5.75 Å². The molecule has 1 N–H and O–H groups in total. The average Bonchev–Trinajstić information content (AvgIpc) is 2.66. The molecule has 0 aliphatic heterocycles. The maximum absolute atomic E-state index is 12.3. The summed E-state index contributed by atoms with van der Waals surface area (Å²) in [6, 6.07) is 22.3. The minimum atomic E-state index is 0.0587. The molecule has 0 bridgehead atoms. The number of benzene rings is 3. The second-order valence-electron chi connectivity index (χ2n) is 6.12. The number of ether oxygens (including phenoxy) is 1. The summed E-state index contributed by atoms with van der Waals surface area (Å²) in [6.45, 7) is 0.696. The Hall–Kier alpha value is -2.81. The highest BCUT2D eigenvalue weighted by Gasteiger charge is 2.07. The van der Waals surface area contributed by atoms with Gasteiger partial charge in [0.2, 0.25) is 5.91 Å². The van der Waals surface area contributed by atoms with Gasteiger partial charge in [-0.05, 0) is 46.9 Å². The molecular weight excluding hydrogens is 310 g/mol. The Morgan fingerprint density at radius 1 is 1.00 bits per heavy atom. The van der Waals surface area contributed by atoms with Gasteiger partial charge < -0.3 is 10.1 Å². The quantitative estimate of drug-likeness (QED) is 0.660. The number of aryl methyl sites for hydroxylation is 1. The predicted molar refractivity (Wildman–Crippen MR) is 102 cm³/mol. The SMILES string of the molecule is COc1ccc2cccc(CC(=O)NCCCc3ccccc3)c2c1. The van der Waals surface area contributed by atoms with E-state index in [1.807, 2.05) is 48.5 Å². The molecule has 0 heterocycles. The topological polar surface area (TPSA) is 38.3 Å². The number of nitrogens with one attached hydrogen (secondary N) is 1. The van der Waals surface area contributed by atoms with Crippen LogP contribution in [0.3, 0.4) is 0 Å². The van der Waals surface area contributed by atoms with E-state index in [9.17, 15) is 4.79 Å². The van der Waals surface area contributed by atoms with Crippen LogP contribution in [0.25, 0.3) is 10.8 Å². The highest BCUT2D eigenvalue weighted by atomic mass is 16.5. The molecule has 0 aromatic heterocycles. The monoisotopic (exact) mass is 333 g/mol. The molecular formula is C22H23NO2. The summed E-state index contributed by atoms with van der Waals surface area (Å²) in [7, 11) is 1.66. The second kappa shape index (κ2) is 8.34. The van der Waals surface area contributed by atoms with Gasteiger partial charge in [-0.3, -0.25) is 4.79 Å². The van der Waals surface area contributed by atoms with Crippen molar-refractivity contribution in [3.05, 3.63) is 77.9 Å². The molecule has 0 atom stereocenters. The van der Waals surface area contributed by atoms with Gasteiger partial charge in [-0.25, -0.2) is 0 Å². The number of hydrogen-bond donors (Lipinski definition) is 1. The summed E-state index contributed by atoms with van der Waals surface area (Å²) in [5, 5.41) is 5.22. The maximum Gasteiger partial charge on any atom is 0.224 e. The van der Waals surface area contributed by atoms with Crippen LogP contribution in [0.4, 0.5) is 0 Å². The highest BCUT2D eigenvalue weighted by Crippen LogP contribution is 2.24. The maximum atomic E-state index is 12.3. The third-order valence-corrected chi connectivity index (χ3v) is 4.34. The van der Waals surface area contributed by atoms with Crippen molar-refractivity contribution in [2.75, 3.05) is 13.7 Å². The molecule has 3 nitrogen and oxygen atoms in total. The smallest absolute Gasteiger partial charge is 0.224 e. The molecule has 0 spiro atoms. The number of carbonyl (C=O) groups is 1. The lowest BCUT2D eigenvalue weighted by Gasteiger charge is -2.09. The van der Waals surface area contributed by atoms with Crippen molar-refractivity contribution in [2.24, 2.45) is 0 Å². The van der Waals surface area contributed by atoms with Gasteiger partial charge in [0.25, 0.3) is 0 Å². The van der Waals surface area contributed by atoms with Gasteiger partial charge in [-0.2, -0.15) is 0 Å². The predicted octanol–water partition coefficient (Wildman–Crippen LogP) is 4.14. The summed E-state index contributed by atoms with van der Waals surface area (Å²) in [5.41, 5.74) is 2.33. The Kier molecular flexibility index (Phi) is 5.68. The van der Waals surface area contributed by atoms with Crippen molar-refractivity contribution >= 4 is 16.7 Å². The Morgan fingerprint density at radius 3 is 2.64 bits per heavy atom. The first kappa shape index (κ1) is 17.0. The fourth-order valence-corrected chi connectivity index (χ4v) is 3.00. The van der Waals surface area contributed by atoms with Gasteiger partial charge in [-0.1, -0.05) is 54.6 Å². The lowest BCUT2D eigenvalue weighted by atomic mass is 10.0. The van der Waals surface area contributed by atoms with E-state index in [1.54, 1.807) is 7.11 Å². The van der Waals surface area contributed by atoms with E-state index in [2.05, 4.69) is 23.5 Å². The van der Waals surface area contributed by atoms with Gasteiger partial charge in [0.05, 0.1) is 13.5 Å². The van der Waals surface area contributed by atoms with E-state index in [0.29, 0.717) is 13.0 Å². The first-order chi connectivity index (χ1) is 12.3. The zero-order chi connectivity index (χ0) is 17.5. The van der Waals surface area contributed by atoms with Crippen LogP contribution in [-0.4, -0.2) is 19.6 Å².